The fourth-order valence-electron chi connectivity index (χ4n) is 2.45. The van der Waals surface area contributed by atoms with E-state index in [0.29, 0.717) is 6.42 Å². The predicted molar refractivity (Wildman–Crippen MR) is 84.3 cm³/mol. The van der Waals surface area contributed by atoms with E-state index in [9.17, 15) is 5.26 Å². The van der Waals surface area contributed by atoms with E-state index in [4.69, 9.17) is 4.98 Å². The Balaban J connectivity index is 2.30. The van der Waals surface area contributed by atoms with Crippen LogP contribution >= 0.6 is 11.3 Å². The van der Waals surface area contributed by atoms with Crippen molar-refractivity contribution in [2.45, 2.75) is 32.6 Å². The highest BCUT2D eigenvalue weighted by Gasteiger charge is 2.26. The van der Waals surface area contributed by atoms with Crippen molar-refractivity contribution >= 4 is 16.3 Å². The summed E-state index contributed by atoms with van der Waals surface area (Å²) in [5.74, 6) is 0. The third kappa shape index (κ3) is 2.32. The Morgan fingerprint density at radius 2 is 2.14 bits per heavy atom. The Morgan fingerprint density at radius 3 is 2.76 bits per heavy atom. The normalized spacial score (nSPS) is 11.7. The van der Waals surface area contributed by atoms with Crippen LogP contribution in [-0.2, 0) is 11.8 Å². The number of hydrogen-bond acceptors (Lipinski definition) is 4. The van der Waals surface area contributed by atoms with Crippen LogP contribution in [0.1, 0.15) is 32.2 Å². The van der Waals surface area contributed by atoms with E-state index >= 15 is 0 Å². The first kappa shape index (κ1) is 13.8. The monoisotopic (exact) mass is 296 g/mol. The molecular weight excluding hydrogens is 280 g/mol. The summed E-state index contributed by atoms with van der Waals surface area (Å²) in [5, 5.41) is 11.2. The van der Waals surface area contributed by atoms with Crippen LogP contribution in [0.3, 0.4) is 0 Å². The molecule has 0 spiro atoms. The second-order valence-corrected chi connectivity index (χ2v) is 6.78. The van der Waals surface area contributed by atoms with E-state index < -0.39 is 0 Å². The van der Waals surface area contributed by atoms with Gasteiger partial charge in [-0.05, 0) is 12.1 Å². The minimum absolute atomic E-state index is 0.0840. The molecule has 4 nitrogen and oxygen atoms in total. The average molecular weight is 296 g/mol. The molecule has 3 aromatic heterocycles. The number of imidazole rings is 1. The number of pyridine rings is 1. The molecule has 0 atom stereocenters. The van der Waals surface area contributed by atoms with E-state index in [1.165, 1.54) is 0 Å². The zero-order valence-electron chi connectivity index (χ0n) is 12.3. The standard InChI is InChI=1S/C16H16N4S/c1-16(2,3)14-12(7-8-17)20-13(10-21-15(20)19-14)11-6-4-5-9-18-11/h4-6,9-10H,7H2,1-3H3. The molecule has 0 bridgehead atoms. The molecule has 0 amide bonds. The summed E-state index contributed by atoms with van der Waals surface area (Å²) in [6.07, 6.45) is 2.13. The van der Waals surface area contributed by atoms with E-state index in [1.54, 1.807) is 17.5 Å². The van der Waals surface area contributed by atoms with Crippen LogP contribution in [0, 0.1) is 11.3 Å². The lowest BCUT2D eigenvalue weighted by Gasteiger charge is -2.17. The van der Waals surface area contributed by atoms with Crippen molar-refractivity contribution in [1.82, 2.24) is 14.4 Å². The van der Waals surface area contributed by atoms with Gasteiger partial charge in [-0.3, -0.25) is 9.38 Å². The van der Waals surface area contributed by atoms with Crippen LogP contribution in [0.15, 0.2) is 29.8 Å². The smallest absolute Gasteiger partial charge is 0.194 e. The topological polar surface area (TPSA) is 54.0 Å². The summed E-state index contributed by atoms with van der Waals surface area (Å²) >= 11 is 1.59. The minimum atomic E-state index is -0.0840. The fourth-order valence-corrected chi connectivity index (χ4v) is 3.35. The van der Waals surface area contributed by atoms with Crippen LogP contribution < -0.4 is 0 Å². The molecule has 0 aromatic carbocycles. The first-order valence-electron chi connectivity index (χ1n) is 6.80. The first-order valence-corrected chi connectivity index (χ1v) is 7.68. The van der Waals surface area contributed by atoms with Gasteiger partial charge in [0.05, 0.1) is 35.3 Å². The average Bonchev–Trinajstić information content (AvgIpc) is 3.00. The summed E-state index contributed by atoms with van der Waals surface area (Å²) in [7, 11) is 0. The zero-order chi connectivity index (χ0) is 15.0. The largest absolute Gasteiger partial charge is 0.284 e. The maximum absolute atomic E-state index is 9.18. The van der Waals surface area contributed by atoms with Crippen LogP contribution in [-0.4, -0.2) is 14.4 Å². The number of aromatic nitrogens is 3. The van der Waals surface area contributed by atoms with Gasteiger partial charge in [0, 0.05) is 17.0 Å². The summed E-state index contributed by atoms with van der Waals surface area (Å²) in [5.41, 5.74) is 3.79. The number of fused-ring (bicyclic) bond motifs is 1. The maximum atomic E-state index is 9.18. The molecule has 0 aliphatic rings. The van der Waals surface area contributed by atoms with Crippen LogP contribution in [0.2, 0.25) is 0 Å². The lowest BCUT2D eigenvalue weighted by molar-refractivity contribution is 0.566. The van der Waals surface area contributed by atoms with Crippen molar-refractivity contribution in [2.24, 2.45) is 0 Å². The summed E-state index contributed by atoms with van der Waals surface area (Å²) < 4.78 is 2.08. The Morgan fingerprint density at radius 1 is 1.33 bits per heavy atom. The van der Waals surface area contributed by atoms with Gasteiger partial charge in [-0.15, -0.1) is 11.3 Å². The van der Waals surface area contributed by atoms with Crippen molar-refractivity contribution in [3.8, 4) is 17.5 Å². The SMILES string of the molecule is CC(C)(C)c1nc2scc(-c3ccccn3)n2c1CC#N. The van der Waals surface area contributed by atoms with Gasteiger partial charge in [0.1, 0.15) is 0 Å². The van der Waals surface area contributed by atoms with Gasteiger partial charge in [0.15, 0.2) is 4.96 Å². The van der Waals surface area contributed by atoms with Gasteiger partial charge in [-0.2, -0.15) is 5.26 Å². The van der Waals surface area contributed by atoms with E-state index in [1.807, 2.05) is 18.2 Å². The molecule has 5 heteroatoms. The number of nitriles is 1. The van der Waals surface area contributed by atoms with Gasteiger partial charge < -0.3 is 0 Å². The Kier molecular flexibility index (Phi) is 3.26. The maximum Gasteiger partial charge on any atom is 0.194 e. The quantitative estimate of drug-likeness (QED) is 0.722. The molecule has 3 rings (SSSR count). The first-order chi connectivity index (χ1) is 10.0. The van der Waals surface area contributed by atoms with Gasteiger partial charge in [0.25, 0.3) is 0 Å². The van der Waals surface area contributed by atoms with Gasteiger partial charge in [0.2, 0.25) is 0 Å². The molecule has 0 unspecified atom stereocenters. The van der Waals surface area contributed by atoms with Crippen molar-refractivity contribution in [2.75, 3.05) is 0 Å². The number of rotatable bonds is 2. The van der Waals surface area contributed by atoms with Gasteiger partial charge in [-0.25, -0.2) is 4.98 Å². The molecule has 3 aromatic rings. The van der Waals surface area contributed by atoms with Crippen LogP contribution in [0.5, 0.6) is 0 Å². The fraction of sp³-hybridized carbons (Fsp3) is 0.312. The molecule has 0 aliphatic carbocycles. The second kappa shape index (κ2) is 4.97. The van der Waals surface area contributed by atoms with Crippen LogP contribution in [0.4, 0.5) is 0 Å². The molecular formula is C16H16N4S. The number of nitrogens with zero attached hydrogens (tertiary/aromatic N) is 4. The van der Waals surface area contributed by atoms with Gasteiger partial charge >= 0.3 is 0 Å². The third-order valence-corrected chi connectivity index (χ3v) is 4.17. The molecule has 0 N–H and O–H groups in total. The van der Waals surface area contributed by atoms with E-state index in [-0.39, 0.29) is 5.41 Å². The Labute approximate surface area is 127 Å². The minimum Gasteiger partial charge on any atom is -0.284 e. The Bertz CT molecular complexity index is 816. The molecule has 0 saturated heterocycles. The van der Waals surface area contributed by atoms with Crippen molar-refractivity contribution in [3.05, 3.63) is 41.2 Å². The summed E-state index contributed by atoms with van der Waals surface area (Å²) in [6.45, 7) is 6.38. The summed E-state index contributed by atoms with van der Waals surface area (Å²) in [6, 6.07) is 8.12. The number of hydrogen-bond donors (Lipinski definition) is 0. The molecule has 3 heterocycles. The molecule has 0 aliphatic heterocycles. The molecule has 0 fully saturated rings. The highest BCUT2D eigenvalue weighted by atomic mass is 32.1. The summed E-state index contributed by atoms with van der Waals surface area (Å²) in [4.78, 5) is 10.1. The highest BCUT2D eigenvalue weighted by Crippen LogP contribution is 2.32. The molecule has 0 saturated carbocycles. The Hall–Kier alpha value is -2.19. The predicted octanol–water partition coefficient (Wildman–Crippen LogP) is 3.82. The third-order valence-electron chi connectivity index (χ3n) is 3.34. The molecule has 21 heavy (non-hydrogen) atoms. The van der Waals surface area contributed by atoms with E-state index in [0.717, 1.165) is 27.7 Å². The number of thiazole rings is 1. The van der Waals surface area contributed by atoms with Crippen molar-refractivity contribution in [3.63, 3.8) is 0 Å². The lowest BCUT2D eigenvalue weighted by atomic mass is 9.90. The second-order valence-electron chi connectivity index (χ2n) is 5.95. The van der Waals surface area contributed by atoms with E-state index in [2.05, 4.69) is 41.6 Å². The molecule has 106 valence electrons. The van der Waals surface area contributed by atoms with Crippen molar-refractivity contribution < 1.29 is 0 Å². The zero-order valence-corrected chi connectivity index (χ0v) is 13.1. The van der Waals surface area contributed by atoms with Crippen molar-refractivity contribution in [1.29, 1.82) is 5.26 Å². The molecule has 0 radical (unpaired) electrons. The van der Waals surface area contributed by atoms with Gasteiger partial charge in [-0.1, -0.05) is 26.8 Å². The highest BCUT2D eigenvalue weighted by molar-refractivity contribution is 7.15. The van der Waals surface area contributed by atoms with Crippen LogP contribution in [0.25, 0.3) is 16.3 Å². The lowest BCUT2D eigenvalue weighted by Crippen LogP contribution is -2.15.